The lowest BCUT2D eigenvalue weighted by Gasteiger charge is -2.39. The minimum atomic E-state index is -1.77. The molecule has 2 heterocycles. The predicted octanol–water partition coefficient (Wildman–Crippen LogP) is 4.86. The number of esters is 1. The highest BCUT2D eigenvalue weighted by molar-refractivity contribution is 6.23. The Bertz CT molecular complexity index is 2450. The van der Waals surface area contributed by atoms with Crippen molar-refractivity contribution in [3.05, 3.63) is 143 Å². The molecule has 0 fully saturated rings. The van der Waals surface area contributed by atoms with Crippen LogP contribution in [-0.2, 0) is 41.7 Å². The molecular weight excluding hydrogens is 837 g/mol. The molecule has 4 aromatic rings. The Morgan fingerprint density at radius 2 is 0.985 bits per heavy atom. The Hall–Kier alpha value is -7.69. The lowest BCUT2D eigenvalue weighted by Crippen LogP contribution is -2.65. The van der Waals surface area contributed by atoms with Gasteiger partial charge < -0.3 is 20.1 Å². The van der Waals surface area contributed by atoms with Crippen molar-refractivity contribution in [1.29, 1.82) is 0 Å². The molecule has 0 bridgehead atoms. The van der Waals surface area contributed by atoms with Crippen molar-refractivity contribution in [1.82, 2.24) is 30.7 Å². The van der Waals surface area contributed by atoms with Crippen LogP contribution in [0.25, 0.3) is 0 Å². The number of imide groups is 2. The number of benzene rings is 4. The van der Waals surface area contributed by atoms with Crippen LogP contribution in [0.2, 0.25) is 0 Å². The topological polar surface area (TPSA) is 209 Å². The SMILES string of the molecule is CC(C)[C@H](NC(=O)OC(C)(C)C)C(=O)N([C@H](C)C(=O)N[C@@H](Cc1ccccc1)C(=O)N([C@H](C)C(=O)OCc1ccccc1)N1C(=O)c2ccccc2C1=O)N1C(=O)c2ccccc2C1=O. The molecule has 0 spiro atoms. The van der Waals surface area contributed by atoms with Crippen LogP contribution in [-0.4, -0.2) is 103 Å². The monoisotopic (exact) mass is 886 g/mol. The third kappa shape index (κ3) is 10.1. The van der Waals surface area contributed by atoms with Crippen molar-refractivity contribution in [2.45, 2.75) is 91.3 Å². The summed E-state index contributed by atoms with van der Waals surface area (Å²) in [5, 5.41) is 7.50. The Morgan fingerprint density at radius 1 is 0.569 bits per heavy atom. The van der Waals surface area contributed by atoms with E-state index in [4.69, 9.17) is 9.47 Å². The van der Waals surface area contributed by atoms with E-state index in [2.05, 4.69) is 10.6 Å². The summed E-state index contributed by atoms with van der Waals surface area (Å²) in [6, 6.07) is 22.2. The molecule has 0 aliphatic carbocycles. The number of hydrazine groups is 2. The average Bonchev–Trinajstić information content (AvgIpc) is 3.68. The summed E-state index contributed by atoms with van der Waals surface area (Å²) in [7, 11) is 0. The zero-order chi connectivity index (χ0) is 47.3. The maximum Gasteiger partial charge on any atom is 0.408 e. The molecular formula is C48H50N6O11. The normalized spacial score (nSPS) is 15.1. The lowest BCUT2D eigenvalue weighted by molar-refractivity contribution is -0.165. The quantitative estimate of drug-likeness (QED) is 0.122. The number of rotatable bonds is 15. The van der Waals surface area contributed by atoms with Crippen LogP contribution < -0.4 is 10.6 Å². The van der Waals surface area contributed by atoms with Crippen LogP contribution in [0.15, 0.2) is 109 Å². The maximum absolute atomic E-state index is 15.2. The molecule has 4 atom stereocenters. The van der Waals surface area contributed by atoms with Gasteiger partial charge in [0, 0.05) is 6.42 Å². The van der Waals surface area contributed by atoms with E-state index >= 15 is 4.79 Å². The maximum atomic E-state index is 15.2. The van der Waals surface area contributed by atoms with Gasteiger partial charge in [-0.2, -0.15) is 10.0 Å². The summed E-state index contributed by atoms with van der Waals surface area (Å²) in [4.78, 5) is 128. The summed E-state index contributed by atoms with van der Waals surface area (Å²) in [6.07, 6.45) is -1.26. The van der Waals surface area contributed by atoms with E-state index < -0.39 is 89.1 Å². The summed E-state index contributed by atoms with van der Waals surface area (Å²) >= 11 is 0. The van der Waals surface area contributed by atoms with E-state index in [1.165, 1.54) is 62.4 Å². The molecule has 338 valence electrons. The van der Waals surface area contributed by atoms with E-state index in [1.54, 1.807) is 95.3 Å². The van der Waals surface area contributed by atoms with Crippen LogP contribution >= 0.6 is 0 Å². The fraction of sp³-hybridized carbons (Fsp3) is 0.312. The van der Waals surface area contributed by atoms with Gasteiger partial charge in [-0.1, -0.05) is 98.8 Å². The van der Waals surface area contributed by atoms with E-state index in [1.807, 2.05) is 0 Å². The number of nitrogens with zero attached hydrogens (tertiary/aromatic N) is 4. The predicted molar refractivity (Wildman–Crippen MR) is 233 cm³/mol. The van der Waals surface area contributed by atoms with Crippen molar-refractivity contribution in [2.75, 3.05) is 0 Å². The van der Waals surface area contributed by atoms with Crippen LogP contribution in [0.5, 0.6) is 0 Å². The summed E-state index contributed by atoms with van der Waals surface area (Å²) < 4.78 is 11.0. The Balaban J connectivity index is 1.39. The van der Waals surface area contributed by atoms with Crippen molar-refractivity contribution in [2.24, 2.45) is 5.92 Å². The first-order valence-corrected chi connectivity index (χ1v) is 21.0. The molecule has 65 heavy (non-hydrogen) atoms. The molecule has 0 aromatic heterocycles. The highest BCUT2D eigenvalue weighted by Gasteiger charge is 2.50. The standard InChI is InChI=1S/C48H50N6O11/c1-28(2)38(50-47(63)65-48(5,6)7)45(61)51(53-40(56)33-22-14-15-23-34(33)41(53)57)29(3)39(55)49-37(26-31-18-10-8-11-19-31)44(60)52(30(4)46(62)64-27-32-20-12-9-13-21-32)54-42(58)35-24-16-17-25-36(35)43(54)59/h8-25,28-30,37-38H,26-27H2,1-7H3,(H,49,55)(H,50,63)/t29-,30-,37+,38+/m1/s1. The van der Waals surface area contributed by atoms with Gasteiger partial charge >= 0.3 is 12.1 Å². The number of amides is 8. The van der Waals surface area contributed by atoms with Gasteiger partial charge in [0.05, 0.1) is 22.3 Å². The van der Waals surface area contributed by atoms with E-state index in [9.17, 15) is 38.4 Å². The fourth-order valence-corrected chi connectivity index (χ4v) is 7.32. The van der Waals surface area contributed by atoms with Crippen molar-refractivity contribution in [3.63, 3.8) is 0 Å². The zero-order valence-electron chi connectivity index (χ0n) is 37.0. The summed E-state index contributed by atoms with van der Waals surface area (Å²) in [5.41, 5.74) is -0.0268. The molecule has 17 nitrogen and oxygen atoms in total. The van der Waals surface area contributed by atoms with Gasteiger partial charge in [0.25, 0.3) is 35.4 Å². The van der Waals surface area contributed by atoms with Crippen LogP contribution in [0.3, 0.4) is 0 Å². The van der Waals surface area contributed by atoms with Gasteiger partial charge in [0.1, 0.15) is 36.4 Å². The van der Waals surface area contributed by atoms with Gasteiger partial charge in [0.2, 0.25) is 5.91 Å². The van der Waals surface area contributed by atoms with Gasteiger partial charge in [-0.3, -0.25) is 33.6 Å². The minimum absolute atomic E-state index is 0.0350. The number of nitrogens with one attached hydrogen (secondary N) is 2. The fourth-order valence-electron chi connectivity index (χ4n) is 7.32. The smallest absolute Gasteiger partial charge is 0.408 e. The lowest BCUT2D eigenvalue weighted by atomic mass is 10.0. The number of hydrogen-bond acceptors (Lipinski definition) is 11. The second kappa shape index (κ2) is 19.4. The van der Waals surface area contributed by atoms with Crippen LogP contribution in [0.4, 0.5) is 4.79 Å². The highest BCUT2D eigenvalue weighted by atomic mass is 16.6. The van der Waals surface area contributed by atoms with Crippen molar-refractivity contribution < 1.29 is 52.6 Å². The first-order chi connectivity index (χ1) is 30.8. The largest absolute Gasteiger partial charge is 0.459 e. The van der Waals surface area contributed by atoms with Crippen molar-refractivity contribution >= 4 is 53.4 Å². The molecule has 8 amide bonds. The average molecular weight is 887 g/mol. The number of alkyl carbamates (subject to hydrolysis) is 1. The van der Waals surface area contributed by atoms with E-state index in [0.717, 1.165) is 0 Å². The number of fused-ring (bicyclic) bond motifs is 2. The molecule has 0 saturated heterocycles. The third-order valence-corrected chi connectivity index (χ3v) is 10.6. The van der Waals surface area contributed by atoms with Crippen LogP contribution in [0, 0.1) is 5.92 Å². The number of ether oxygens (including phenoxy) is 2. The number of carbonyl (C=O) groups excluding carboxylic acids is 9. The molecule has 2 aliphatic rings. The molecule has 17 heteroatoms. The van der Waals surface area contributed by atoms with E-state index in [-0.39, 0.29) is 35.3 Å². The van der Waals surface area contributed by atoms with Gasteiger partial charge in [-0.15, -0.1) is 0 Å². The van der Waals surface area contributed by atoms with Gasteiger partial charge in [0.15, 0.2) is 0 Å². The Morgan fingerprint density at radius 3 is 1.42 bits per heavy atom. The first-order valence-electron chi connectivity index (χ1n) is 21.0. The van der Waals surface area contributed by atoms with Gasteiger partial charge in [-0.25, -0.2) is 19.6 Å². The molecule has 0 saturated carbocycles. The molecule has 6 rings (SSSR count). The molecule has 0 unspecified atom stereocenters. The second-order valence-electron chi connectivity index (χ2n) is 16.9. The Labute approximate surface area is 375 Å². The van der Waals surface area contributed by atoms with E-state index in [0.29, 0.717) is 31.2 Å². The van der Waals surface area contributed by atoms with Gasteiger partial charge in [-0.05, 0) is 75.9 Å². The third-order valence-electron chi connectivity index (χ3n) is 10.6. The number of carbonyl (C=O) groups is 9. The molecule has 4 aromatic carbocycles. The Kier molecular flexibility index (Phi) is 13.9. The summed E-state index contributed by atoms with van der Waals surface area (Å²) in [5.74, 6) is -8.60. The number of hydrogen-bond donors (Lipinski definition) is 2. The molecule has 0 radical (unpaired) electrons. The second-order valence-corrected chi connectivity index (χ2v) is 16.9. The highest BCUT2D eigenvalue weighted by Crippen LogP contribution is 2.29. The van der Waals surface area contributed by atoms with Crippen molar-refractivity contribution in [3.8, 4) is 0 Å². The molecule has 2 aliphatic heterocycles. The summed E-state index contributed by atoms with van der Waals surface area (Å²) in [6.45, 7) is 10.3. The molecule has 2 N–H and O–H groups in total. The zero-order valence-corrected chi connectivity index (χ0v) is 37.0. The van der Waals surface area contributed by atoms with Crippen LogP contribution in [0.1, 0.15) is 101 Å². The first kappa shape index (κ1) is 46.8. The minimum Gasteiger partial charge on any atom is -0.459 e.